The Kier molecular flexibility index (Phi) is 4.28. The molecule has 0 spiro atoms. The molecular weight excluding hydrogens is 260 g/mol. The first-order chi connectivity index (χ1) is 8.95. The van der Waals surface area contributed by atoms with Gasteiger partial charge in [-0.05, 0) is 43.7 Å². The van der Waals surface area contributed by atoms with Gasteiger partial charge in [0, 0.05) is 26.2 Å². The van der Waals surface area contributed by atoms with Crippen molar-refractivity contribution in [2.24, 2.45) is 0 Å². The lowest BCUT2D eigenvalue weighted by atomic mass is 10.1. The third kappa shape index (κ3) is 2.99. The molecule has 2 rings (SSSR count). The molecule has 106 valence electrons. The van der Waals surface area contributed by atoms with Gasteiger partial charge in [-0.2, -0.15) is 4.31 Å². The maximum atomic E-state index is 12.6. The fourth-order valence-electron chi connectivity index (χ4n) is 2.31. The molecule has 1 aliphatic rings. The van der Waals surface area contributed by atoms with E-state index in [0.29, 0.717) is 18.0 Å². The molecule has 0 radical (unpaired) electrons. The van der Waals surface area contributed by atoms with Crippen molar-refractivity contribution in [1.82, 2.24) is 9.21 Å². The predicted molar refractivity (Wildman–Crippen MR) is 76.8 cm³/mol. The van der Waals surface area contributed by atoms with Crippen molar-refractivity contribution in [3.63, 3.8) is 0 Å². The zero-order valence-corrected chi connectivity index (χ0v) is 12.7. The molecule has 1 aromatic rings. The van der Waals surface area contributed by atoms with Gasteiger partial charge in [0.25, 0.3) is 0 Å². The highest BCUT2D eigenvalue weighted by Crippen LogP contribution is 2.20. The van der Waals surface area contributed by atoms with Crippen molar-refractivity contribution in [1.29, 1.82) is 0 Å². The first kappa shape index (κ1) is 14.5. The van der Waals surface area contributed by atoms with Crippen LogP contribution < -0.4 is 0 Å². The Morgan fingerprint density at radius 2 is 1.68 bits per heavy atom. The van der Waals surface area contributed by atoms with Gasteiger partial charge in [-0.3, -0.25) is 0 Å². The molecular formula is C14H22N2O2S. The van der Waals surface area contributed by atoms with E-state index >= 15 is 0 Å². The summed E-state index contributed by atoms with van der Waals surface area (Å²) in [4.78, 5) is 2.69. The summed E-state index contributed by atoms with van der Waals surface area (Å²) < 4.78 is 26.7. The van der Waals surface area contributed by atoms with Gasteiger partial charge in [0.05, 0.1) is 4.90 Å². The number of piperazine rings is 1. The molecule has 0 aliphatic carbocycles. The first-order valence-corrected chi connectivity index (χ1v) is 8.19. The van der Waals surface area contributed by atoms with Crippen LogP contribution in [0.1, 0.15) is 18.1 Å². The molecule has 1 fully saturated rings. The fraction of sp³-hybridized carbons (Fsp3) is 0.571. The Bertz CT molecular complexity index is 547. The summed E-state index contributed by atoms with van der Waals surface area (Å²) in [5, 5.41) is 0. The van der Waals surface area contributed by atoms with E-state index in [4.69, 9.17) is 0 Å². The SMILES string of the molecule is CCN1CCN(S(=O)(=O)c2ccc(C)c(C)c2)CC1. The molecule has 1 aliphatic heterocycles. The van der Waals surface area contributed by atoms with Crippen LogP contribution >= 0.6 is 0 Å². The quantitative estimate of drug-likeness (QED) is 0.846. The first-order valence-electron chi connectivity index (χ1n) is 6.75. The fourth-order valence-corrected chi connectivity index (χ4v) is 3.82. The molecule has 1 aromatic carbocycles. The van der Waals surface area contributed by atoms with Gasteiger partial charge in [-0.1, -0.05) is 13.0 Å². The van der Waals surface area contributed by atoms with E-state index < -0.39 is 10.0 Å². The molecule has 1 saturated heterocycles. The average molecular weight is 282 g/mol. The lowest BCUT2D eigenvalue weighted by molar-refractivity contribution is 0.196. The Labute approximate surface area is 116 Å². The number of nitrogens with zero attached hydrogens (tertiary/aromatic N) is 2. The van der Waals surface area contributed by atoms with Crippen molar-refractivity contribution >= 4 is 10.0 Å². The number of sulfonamides is 1. The second-order valence-electron chi connectivity index (χ2n) is 5.08. The molecule has 19 heavy (non-hydrogen) atoms. The summed E-state index contributed by atoms with van der Waals surface area (Å²) in [6.45, 7) is 9.84. The monoisotopic (exact) mass is 282 g/mol. The van der Waals surface area contributed by atoms with E-state index in [9.17, 15) is 8.42 Å². The number of aryl methyl sites for hydroxylation is 2. The number of hydrogen-bond acceptors (Lipinski definition) is 3. The van der Waals surface area contributed by atoms with Crippen molar-refractivity contribution in [2.45, 2.75) is 25.7 Å². The second-order valence-corrected chi connectivity index (χ2v) is 7.02. The zero-order chi connectivity index (χ0) is 14.0. The Balaban J connectivity index is 2.21. The van der Waals surface area contributed by atoms with E-state index in [1.54, 1.807) is 16.4 Å². The van der Waals surface area contributed by atoms with Gasteiger partial charge in [-0.25, -0.2) is 8.42 Å². The number of likely N-dealkylation sites (N-methyl/N-ethyl adjacent to an activating group) is 1. The largest absolute Gasteiger partial charge is 0.301 e. The van der Waals surface area contributed by atoms with Crippen molar-refractivity contribution in [3.05, 3.63) is 29.3 Å². The average Bonchev–Trinajstić information content (AvgIpc) is 2.41. The van der Waals surface area contributed by atoms with Crippen LogP contribution in [0.4, 0.5) is 0 Å². The Morgan fingerprint density at radius 1 is 1.05 bits per heavy atom. The molecule has 0 N–H and O–H groups in total. The lowest BCUT2D eigenvalue weighted by Gasteiger charge is -2.33. The normalized spacial score (nSPS) is 18.7. The predicted octanol–water partition coefficient (Wildman–Crippen LogP) is 1.63. The summed E-state index contributed by atoms with van der Waals surface area (Å²) >= 11 is 0. The van der Waals surface area contributed by atoms with E-state index in [-0.39, 0.29) is 0 Å². The van der Waals surface area contributed by atoms with E-state index in [1.807, 2.05) is 19.9 Å². The topological polar surface area (TPSA) is 40.6 Å². The standard InChI is InChI=1S/C14H22N2O2S/c1-4-15-7-9-16(10-8-15)19(17,18)14-6-5-12(2)13(3)11-14/h5-6,11H,4,7-10H2,1-3H3. The maximum Gasteiger partial charge on any atom is 0.243 e. The molecule has 0 aromatic heterocycles. The van der Waals surface area contributed by atoms with Crippen LogP contribution in [0.2, 0.25) is 0 Å². The summed E-state index contributed by atoms with van der Waals surface area (Å²) in [6.07, 6.45) is 0. The second kappa shape index (κ2) is 5.61. The Hall–Kier alpha value is -0.910. The van der Waals surface area contributed by atoms with Gasteiger partial charge in [0.1, 0.15) is 0 Å². The minimum atomic E-state index is -3.33. The van der Waals surface area contributed by atoms with Gasteiger partial charge >= 0.3 is 0 Å². The highest BCUT2D eigenvalue weighted by Gasteiger charge is 2.27. The van der Waals surface area contributed by atoms with Gasteiger partial charge < -0.3 is 4.90 Å². The van der Waals surface area contributed by atoms with Crippen LogP contribution in [-0.2, 0) is 10.0 Å². The molecule has 0 atom stereocenters. The van der Waals surface area contributed by atoms with Crippen LogP contribution in [-0.4, -0.2) is 50.3 Å². The smallest absolute Gasteiger partial charge is 0.243 e. The molecule has 5 heteroatoms. The third-order valence-electron chi connectivity index (χ3n) is 3.89. The molecule has 0 saturated carbocycles. The third-order valence-corrected chi connectivity index (χ3v) is 5.79. The van der Waals surface area contributed by atoms with Gasteiger partial charge in [0.15, 0.2) is 0 Å². The van der Waals surface area contributed by atoms with Crippen LogP contribution in [0.3, 0.4) is 0 Å². The number of hydrogen-bond donors (Lipinski definition) is 0. The van der Waals surface area contributed by atoms with Gasteiger partial charge in [-0.15, -0.1) is 0 Å². The van der Waals surface area contributed by atoms with Gasteiger partial charge in [0.2, 0.25) is 10.0 Å². The molecule has 0 bridgehead atoms. The van der Waals surface area contributed by atoms with E-state index in [2.05, 4.69) is 11.8 Å². The lowest BCUT2D eigenvalue weighted by Crippen LogP contribution is -2.48. The van der Waals surface area contributed by atoms with Crippen LogP contribution in [0, 0.1) is 13.8 Å². The number of rotatable bonds is 3. The van der Waals surface area contributed by atoms with Crippen LogP contribution in [0.15, 0.2) is 23.1 Å². The van der Waals surface area contributed by atoms with Crippen molar-refractivity contribution < 1.29 is 8.42 Å². The molecule has 1 heterocycles. The molecule has 0 amide bonds. The molecule has 4 nitrogen and oxygen atoms in total. The Morgan fingerprint density at radius 3 is 2.21 bits per heavy atom. The minimum absolute atomic E-state index is 0.417. The minimum Gasteiger partial charge on any atom is -0.301 e. The van der Waals surface area contributed by atoms with E-state index in [0.717, 1.165) is 30.8 Å². The van der Waals surface area contributed by atoms with E-state index in [1.165, 1.54) is 0 Å². The van der Waals surface area contributed by atoms with Crippen LogP contribution in [0.25, 0.3) is 0 Å². The number of benzene rings is 1. The highest BCUT2D eigenvalue weighted by atomic mass is 32.2. The summed E-state index contributed by atoms with van der Waals surface area (Å²) in [5.41, 5.74) is 2.14. The summed E-state index contributed by atoms with van der Waals surface area (Å²) in [5.74, 6) is 0. The van der Waals surface area contributed by atoms with Crippen molar-refractivity contribution in [3.8, 4) is 0 Å². The molecule has 0 unspecified atom stereocenters. The highest BCUT2D eigenvalue weighted by molar-refractivity contribution is 7.89. The zero-order valence-electron chi connectivity index (χ0n) is 11.9. The van der Waals surface area contributed by atoms with Crippen LogP contribution in [0.5, 0.6) is 0 Å². The maximum absolute atomic E-state index is 12.6. The summed E-state index contributed by atoms with van der Waals surface area (Å²) in [6, 6.07) is 5.37. The summed E-state index contributed by atoms with van der Waals surface area (Å²) in [7, 11) is -3.33. The van der Waals surface area contributed by atoms with Crippen molar-refractivity contribution in [2.75, 3.05) is 32.7 Å².